The molecule has 2 heterocycles. The summed E-state index contributed by atoms with van der Waals surface area (Å²) in [5, 5.41) is 4.91. The molecule has 5 heteroatoms. The van der Waals surface area contributed by atoms with Crippen LogP contribution < -0.4 is 0 Å². The van der Waals surface area contributed by atoms with E-state index < -0.39 is 0 Å². The minimum Gasteiger partial charge on any atom is -0.234 e. The maximum absolute atomic E-state index is 5.95. The van der Waals surface area contributed by atoms with Gasteiger partial charge in [0.2, 0.25) is 0 Å². The predicted octanol–water partition coefficient (Wildman–Crippen LogP) is 3.28. The van der Waals surface area contributed by atoms with Gasteiger partial charge in [-0.05, 0) is 25.5 Å². The average Bonchev–Trinajstić information content (AvgIpc) is 2.59. The topological polar surface area (TPSA) is 30.7 Å². The van der Waals surface area contributed by atoms with E-state index in [1.165, 1.54) is 0 Å². The fourth-order valence-electron chi connectivity index (χ4n) is 1.40. The maximum Gasteiger partial charge on any atom is 0.153 e. The van der Waals surface area contributed by atoms with Gasteiger partial charge in [-0.15, -0.1) is 11.6 Å². The van der Waals surface area contributed by atoms with Crippen molar-refractivity contribution in [2.75, 3.05) is 0 Å². The van der Waals surface area contributed by atoms with Crippen molar-refractivity contribution < 1.29 is 0 Å². The highest BCUT2D eigenvalue weighted by atomic mass is 35.5. The molecule has 0 spiro atoms. The van der Waals surface area contributed by atoms with Gasteiger partial charge >= 0.3 is 0 Å². The molecule has 16 heavy (non-hydrogen) atoms. The van der Waals surface area contributed by atoms with Crippen molar-refractivity contribution in [2.45, 2.75) is 19.7 Å². The zero-order chi connectivity index (χ0) is 11.7. The number of rotatable bonds is 2. The Morgan fingerprint density at radius 2 is 2.00 bits per heavy atom. The van der Waals surface area contributed by atoms with Gasteiger partial charge in [0, 0.05) is 11.6 Å². The van der Waals surface area contributed by atoms with Crippen LogP contribution in [0.15, 0.2) is 18.3 Å². The first-order valence-electron chi connectivity index (χ1n) is 4.86. The number of pyridine rings is 1. The van der Waals surface area contributed by atoms with Gasteiger partial charge in [0.15, 0.2) is 5.82 Å². The number of alkyl halides is 1. The van der Waals surface area contributed by atoms with Crippen LogP contribution in [0.1, 0.15) is 17.0 Å². The summed E-state index contributed by atoms with van der Waals surface area (Å²) in [5.74, 6) is 1.22. The molecule has 0 fully saturated rings. The second kappa shape index (κ2) is 4.44. The highest BCUT2D eigenvalue weighted by Crippen LogP contribution is 2.17. The Morgan fingerprint density at radius 1 is 1.25 bits per heavy atom. The third kappa shape index (κ3) is 2.06. The van der Waals surface area contributed by atoms with Gasteiger partial charge in [-0.2, -0.15) is 5.10 Å². The molecule has 2 rings (SSSR count). The normalized spacial score (nSPS) is 10.8. The van der Waals surface area contributed by atoms with E-state index in [0.29, 0.717) is 10.9 Å². The summed E-state index contributed by atoms with van der Waals surface area (Å²) in [6.07, 6.45) is 1.75. The molecule has 0 bridgehead atoms. The molecule has 0 N–H and O–H groups in total. The molecule has 0 aliphatic rings. The first-order chi connectivity index (χ1) is 7.61. The summed E-state index contributed by atoms with van der Waals surface area (Å²) in [7, 11) is 0. The zero-order valence-corrected chi connectivity index (χ0v) is 10.5. The molecule has 0 aliphatic heterocycles. The van der Waals surface area contributed by atoms with Crippen molar-refractivity contribution in [3.05, 3.63) is 40.3 Å². The van der Waals surface area contributed by atoms with E-state index >= 15 is 0 Å². The van der Waals surface area contributed by atoms with Crippen molar-refractivity contribution in [1.29, 1.82) is 0 Å². The second-order valence-corrected chi connectivity index (χ2v) is 4.23. The summed E-state index contributed by atoms with van der Waals surface area (Å²) in [6.45, 7) is 3.79. The van der Waals surface area contributed by atoms with Gasteiger partial charge in [0.25, 0.3) is 0 Å². The fraction of sp³-hybridized carbons (Fsp3) is 0.273. The maximum atomic E-state index is 5.95. The average molecular weight is 256 g/mol. The highest BCUT2D eigenvalue weighted by molar-refractivity contribution is 6.31. The van der Waals surface area contributed by atoms with Crippen LogP contribution in [-0.2, 0) is 5.88 Å². The molecule has 0 radical (unpaired) electrons. The first-order valence-corrected chi connectivity index (χ1v) is 5.77. The standard InChI is InChI=1S/C11H11Cl2N3/c1-7-9(5-12)3-4-11(14-7)16-6-10(13)8(2)15-16/h3-4,6H,5H2,1-2H3. The summed E-state index contributed by atoms with van der Waals surface area (Å²) in [4.78, 5) is 4.43. The molecule has 0 saturated carbocycles. The fourth-order valence-corrected chi connectivity index (χ4v) is 1.81. The SMILES string of the molecule is Cc1nn(-c2ccc(CCl)c(C)n2)cc1Cl. The first kappa shape index (κ1) is 11.4. The molecule has 2 aromatic rings. The Balaban J connectivity index is 2.45. The molecule has 0 amide bonds. The van der Waals surface area contributed by atoms with Crippen LogP contribution in [0.4, 0.5) is 0 Å². The van der Waals surface area contributed by atoms with Crippen molar-refractivity contribution in [2.24, 2.45) is 0 Å². The molecule has 0 saturated heterocycles. The smallest absolute Gasteiger partial charge is 0.153 e. The Kier molecular flexibility index (Phi) is 3.17. The lowest BCUT2D eigenvalue weighted by atomic mass is 10.2. The van der Waals surface area contributed by atoms with Gasteiger partial charge < -0.3 is 0 Å². The lowest BCUT2D eigenvalue weighted by molar-refractivity contribution is 0.824. The van der Waals surface area contributed by atoms with Gasteiger partial charge in [0.1, 0.15) is 0 Å². The number of aromatic nitrogens is 3. The Morgan fingerprint density at radius 3 is 2.50 bits per heavy atom. The number of halogens is 2. The second-order valence-electron chi connectivity index (χ2n) is 3.55. The van der Waals surface area contributed by atoms with Gasteiger partial charge in [0.05, 0.1) is 16.9 Å². The van der Waals surface area contributed by atoms with Crippen LogP contribution >= 0.6 is 23.2 Å². The molecule has 0 aliphatic carbocycles. The minimum atomic E-state index is 0.470. The Labute approximate surface area is 104 Å². The molecule has 2 aromatic heterocycles. The van der Waals surface area contributed by atoms with E-state index in [4.69, 9.17) is 23.2 Å². The molecule has 0 unspecified atom stereocenters. The van der Waals surface area contributed by atoms with Gasteiger partial charge in [-0.1, -0.05) is 17.7 Å². The van der Waals surface area contributed by atoms with E-state index in [0.717, 1.165) is 22.8 Å². The quantitative estimate of drug-likeness (QED) is 0.772. The largest absolute Gasteiger partial charge is 0.234 e. The van der Waals surface area contributed by atoms with E-state index in [2.05, 4.69) is 10.1 Å². The number of hydrogen-bond donors (Lipinski definition) is 0. The van der Waals surface area contributed by atoms with E-state index in [1.807, 2.05) is 26.0 Å². The molecule has 84 valence electrons. The summed E-state index contributed by atoms with van der Waals surface area (Å²) < 4.78 is 1.67. The summed E-state index contributed by atoms with van der Waals surface area (Å²) in [6, 6.07) is 3.84. The number of hydrogen-bond acceptors (Lipinski definition) is 2. The number of aryl methyl sites for hydroxylation is 2. The predicted molar refractivity (Wildman–Crippen MR) is 65.4 cm³/mol. The van der Waals surface area contributed by atoms with E-state index in [9.17, 15) is 0 Å². The van der Waals surface area contributed by atoms with Crippen LogP contribution in [0.2, 0.25) is 5.02 Å². The lowest BCUT2D eigenvalue weighted by Gasteiger charge is -2.04. The molecule has 3 nitrogen and oxygen atoms in total. The third-order valence-corrected chi connectivity index (χ3v) is 3.06. The van der Waals surface area contributed by atoms with Crippen molar-refractivity contribution >= 4 is 23.2 Å². The molecular weight excluding hydrogens is 245 g/mol. The van der Waals surface area contributed by atoms with Crippen LogP contribution in [0, 0.1) is 13.8 Å². The Hall–Kier alpha value is -1.06. The van der Waals surface area contributed by atoms with Crippen molar-refractivity contribution in [3.63, 3.8) is 0 Å². The van der Waals surface area contributed by atoms with Crippen LogP contribution in [0.3, 0.4) is 0 Å². The van der Waals surface area contributed by atoms with E-state index in [-0.39, 0.29) is 0 Å². The van der Waals surface area contributed by atoms with Gasteiger partial charge in [-0.3, -0.25) is 0 Å². The minimum absolute atomic E-state index is 0.470. The van der Waals surface area contributed by atoms with Crippen molar-refractivity contribution in [3.8, 4) is 5.82 Å². The van der Waals surface area contributed by atoms with Gasteiger partial charge in [-0.25, -0.2) is 9.67 Å². The molecule has 0 aromatic carbocycles. The number of nitrogens with zero attached hydrogens (tertiary/aromatic N) is 3. The van der Waals surface area contributed by atoms with Crippen LogP contribution in [-0.4, -0.2) is 14.8 Å². The molecular formula is C11H11Cl2N3. The van der Waals surface area contributed by atoms with Crippen LogP contribution in [0.5, 0.6) is 0 Å². The Bertz CT molecular complexity index is 500. The third-order valence-electron chi connectivity index (χ3n) is 2.40. The van der Waals surface area contributed by atoms with E-state index in [1.54, 1.807) is 10.9 Å². The molecule has 0 atom stereocenters. The summed E-state index contributed by atoms with van der Waals surface area (Å²) >= 11 is 11.7. The monoisotopic (exact) mass is 255 g/mol. The van der Waals surface area contributed by atoms with Crippen LogP contribution in [0.25, 0.3) is 5.82 Å². The zero-order valence-electron chi connectivity index (χ0n) is 9.04. The highest BCUT2D eigenvalue weighted by Gasteiger charge is 2.06. The van der Waals surface area contributed by atoms with Crippen molar-refractivity contribution in [1.82, 2.24) is 14.8 Å². The lowest BCUT2D eigenvalue weighted by Crippen LogP contribution is -2.01. The summed E-state index contributed by atoms with van der Waals surface area (Å²) in [5.41, 5.74) is 2.74.